The minimum absolute atomic E-state index is 0.0294. The van der Waals surface area contributed by atoms with Crippen LogP contribution < -0.4 is 10.5 Å². The van der Waals surface area contributed by atoms with E-state index in [1.54, 1.807) is 12.1 Å². The Morgan fingerprint density at radius 1 is 0.956 bits per heavy atom. The van der Waals surface area contributed by atoms with Crippen molar-refractivity contribution in [2.24, 2.45) is 11.1 Å². The van der Waals surface area contributed by atoms with Crippen LogP contribution in [0.3, 0.4) is 0 Å². The number of hydrogen-bond acceptors (Lipinski definition) is 5. The molecule has 0 radical (unpaired) electrons. The number of nitriles is 1. The number of ether oxygens (including phenoxy) is 1. The Labute approximate surface area is 255 Å². The topological polar surface area (TPSA) is 107 Å². The van der Waals surface area contributed by atoms with Crippen molar-refractivity contribution in [3.05, 3.63) is 112 Å². The average Bonchev–Trinajstić information content (AvgIpc) is 3.73. The Bertz CT molecular complexity index is 2010. The number of nitrogens with two attached hydrogens (primary N) is 1. The molecule has 45 heavy (non-hydrogen) atoms. The fraction of sp³-hybridized carbons (Fsp3) is 0.235. The van der Waals surface area contributed by atoms with Gasteiger partial charge in [0.25, 0.3) is 5.88 Å². The van der Waals surface area contributed by atoms with Crippen molar-refractivity contribution in [1.82, 2.24) is 14.5 Å². The van der Waals surface area contributed by atoms with E-state index in [1.807, 2.05) is 10.6 Å². The summed E-state index contributed by atoms with van der Waals surface area (Å²) in [6.45, 7) is 2.30. The molecule has 2 aromatic heterocycles. The Balaban J connectivity index is 1.28. The highest BCUT2D eigenvalue weighted by Gasteiger charge is 2.41. The summed E-state index contributed by atoms with van der Waals surface area (Å²) in [7, 11) is 0. The Kier molecular flexibility index (Phi) is 7.74. The number of nitrogens with zero attached hydrogens (tertiary/aromatic N) is 4. The number of rotatable bonds is 10. The van der Waals surface area contributed by atoms with Crippen LogP contribution in [0, 0.1) is 40.0 Å². The molecule has 228 valence electrons. The van der Waals surface area contributed by atoms with E-state index < -0.39 is 35.1 Å². The maximum atomic E-state index is 15.6. The minimum atomic E-state index is -0.781. The number of benzene rings is 3. The number of aromatic nitrogens is 3. The lowest BCUT2D eigenvalue weighted by atomic mass is 10.0. The maximum absolute atomic E-state index is 15.6. The van der Waals surface area contributed by atoms with Crippen LogP contribution >= 0.6 is 0 Å². The molecule has 5 aromatic rings. The lowest BCUT2D eigenvalue weighted by Gasteiger charge is -2.17. The molecule has 6 rings (SSSR count). The van der Waals surface area contributed by atoms with Crippen molar-refractivity contribution in [1.29, 1.82) is 5.26 Å². The van der Waals surface area contributed by atoms with E-state index >= 15 is 8.78 Å². The van der Waals surface area contributed by atoms with Gasteiger partial charge in [-0.2, -0.15) is 5.26 Å². The van der Waals surface area contributed by atoms with Crippen LogP contribution in [0.2, 0.25) is 0 Å². The Hall–Kier alpha value is -5.24. The molecule has 11 heteroatoms. The number of fused-ring (bicyclic) bond motifs is 1. The van der Waals surface area contributed by atoms with Crippen LogP contribution in [0.25, 0.3) is 22.3 Å². The van der Waals surface area contributed by atoms with Gasteiger partial charge in [0, 0.05) is 29.7 Å². The predicted molar refractivity (Wildman–Crippen MR) is 158 cm³/mol. The van der Waals surface area contributed by atoms with E-state index in [1.165, 1.54) is 30.3 Å². The second-order valence-electron chi connectivity index (χ2n) is 11.3. The third-order valence-corrected chi connectivity index (χ3v) is 8.43. The van der Waals surface area contributed by atoms with Gasteiger partial charge in [0.1, 0.15) is 29.6 Å². The van der Waals surface area contributed by atoms with E-state index in [2.05, 4.69) is 16.9 Å². The Morgan fingerprint density at radius 2 is 1.71 bits per heavy atom. The highest BCUT2D eigenvalue weighted by molar-refractivity contribution is 5.96. The number of carbonyl (C=O) groups excluding carboxylic acids is 1. The molecule has 2 N–H and O–H groups in total. The fourth-order valence-corrected chi connectivity index (χ4v) is 5.40. The monoisotopic (exact) mass is 613 g/mol. The standard InChI is InChI=1S/C34H27F4N5O2/c1-2-34(9-10-34)18-43-29-14-23(32(40)44)13-27(38)31(29)42-30(43)15-20-5-6-21(12-26(20)37)28-8-7-24(35)33(41-28)45-17-22-4-3-19(16-39)11-25(22)36/h3-8,11-14H,2,9-10,15,17-18H2,1H3,(H2,40,44). The van der Waals surface area contributed by atoms with Gasteiger partial charge in [-0.3, -0.25) is 4.79 Å². The number of halogens is 4. The first-order valence-corrected chi connectivity index (χ1v) is 14.3. The summed E-state index contributed by atoms with van der Waals surface area (Å²) in [5.74, 6) is -3.41. The molecule has 2 heterocycles. The summed E-state index contributed by atoms with van der Waals surface area (Å²) in [6.07, 6.45) is 2.96. The van der Waals surface area contributed by atoms with Crippen LogP contribution in [0.5, 0.6) is 5.88 Å². The van der Waals surface area contributed by atoms with Crippen LogP contribution in [0.4, 0.5) is 17.6 Å². The lowest BCUT2D eigenvalue weighted by Crippen LogP contribution is -2.15. The van der Waals surface area contributed by atoms with E-state index in [9.17, 15) is 13.6 Å². The second kappa shape index (κ2) is 11.7. The smallest absolute Gasteiger partial charge is 0.251 e. The lowest BCUT2D eigenvalue weighted by molar-refractivity contribution is 0.1000. The molecule has 0 bridgehead atoms. The molecular weight excluding hydrogens is 586 g/mol. The molecule has 1 amide bonds. The predicted octanol–water partition coefficient (Wildman–Crippen LogP) is 6.99. The molecule has 1 aliphatic rings. The van der Waals surface area contributed by atoms with Crippen LogP contribution in [0.1, 0.15) is 59.1 Å². The molecule has 0 unspecified atom stereocenters. The van der Waals surface area contributed by atoms with Crippen LogP contribution in [0.15, 0.2) is 60.7 Å². The zero-order valence-corrected chi connectivity index (χ0v) is 24.2. The summed E-state index contributed by atoms with van der Waals surface area (Å²) < 4.78 is 66.6. The van der Waals surface area contributed by atoms with Crippen molar-refractivity contribution in [2.75, 3.05) is 0 Å². The summed E-state index contributed by atoms with van der Waals surface area (Å²) in [5.41, 5.74) is 7.13. The zero-order chi connectivity index (χ0) is 31.9. The first-order valence-electron chi connectivity index (χ1n) is 14.3. The van der Waals surface area contributed by atoms with Gasteiger partial charge in [-0.05, 0) is 72.7 Å². The summed E-state index contributed by atoms with van der Waals surface area (Å²) in [4.78, 5) is 20.5. The third-order valence-electron chi connectivity index (χ3n) is 8.43. The zero-order valence-electron chi connectivity index (χ0n) is 24.2. The molecule has 1 saturated carbocycles. The molecule has 3 aromatic carbocycles. The van der Waals surface area contributed by atoms with Gasteiger partial charge in [0.05, 0.1) is 22.8 Å². The molecule has 0 aliphatic heterocycles. The normalized spacial score (nSPS) is 13.5. The number of carbonyl (C=O) groups is 1. The van der Waals surface area contributed by atoms with Gasteiger partial charge in [-0.25, -0.2) is 27.5 Å². The highest BCUT2D eigenvalue weighted by Crippen LogP contribution is 2.50. The van der Waals surface area contributed by atoms with Gasteiger partial charge >= 0.3 is 0 Å². The van der Waals surface area contributed by atoms with Gasteiger partial charge in [-0.1, -0.05) is 25.1 Å². The molecular formula is C34H27F4N5O2. The van der Waals surface area contributed by atoms with E-state index in [4.69, 9.17) is 15.7 Å². The minimum Gasteiger partial charge on any atom is -0.471 e. The van der Waals surface area contributed by atoms with E-state index in [-0.39, 0.29) is 46.3 Å². The summed E-state index contributed by atoms with van der Waals surface area (Å²) in [6, 6.07) is 15.2. The number of hydrogen-bond donors (Lipinski definition) is 1. The second-order valence-corrected chi connectivity index (χ2v) is 11.3. The molecule has 0 saturated heterocycles. The number of imidazole rings is 1. The van der Waals surface area contributed by atoms with Crippen molar-refractivity contribution in [3.63, 3.8) is 0 Å². The molecule has 0 atom stereocenters. The summed E-state index contributed by atoms with van der Waals surface area (Å²) in [5, 5.41) is 8.91. The molecule has 0 spiro atoms. The van der Waals surface area contributed by atoms with Crippen molar-refractivity contribution in [3.8, 4) is 23.2 Å². The SMILES string of the molecule is CCC1(Cn2c(Cc3ccc(-c4ccc(F)c(OCc5ccc(C#N)cc5F)n4)cc3F)nc3c(F)cc(C(N)=O)cc32)CC1. The van der Waals surface area contributed by atoms with Gasteiger partial charge in [0.2, 0.25) is 5.91 Å². The van der Waals surface area contributed by atoms with Gasteiger partial charge in [0.15, 0.2) is 11.6 Å². The first kappa shape index (κ1) is 29.8. The quantitative estimate of drug-likeness (QED) is 0.171. The summed E-state index contributed by atoms with van der Waals surface area (Å²) >= 11 is 0. The average molecular weight is 614 g/mol. The third kappa shape index (κ3) is 5.96. The first-order chi connectivity index (χ1) is 21.6. The van der Waals surface area contributed by atoms with E-state index in [0.717, 1.165) is 37.5 Å². The number of primary amides is 1. The number of amides is 1. The molecule has 1 fully saturated rings. The highest BCUT2D eigenvalue weighted by atomic mass is 19.1. The number of pyridine rings is 1. The van der Waals surface area contributed by atoms with Gasteiger partial charge in [-0.15, -0.1) is 0 Å². The van der Waals surface area contributed by atoms with Crippen LogP contribution in [-0.4, -0.2) is 20.4 Å². The van der Waals surface area contributed by atoms with Crippen molar-refractivity contribution >= 4 is 16.9 Å². The van der Waals surface area contributed by atoms with Gasteiger partial charge < -0.3 is 15.0 Å². The fourth-order valence-electron chi connectivity index (χ4n) is 5.40. The van der Waals surface area contributed by atoms with Crippen LogP contribution in [-0.2, 0) is 19.6 Å². The molecule has 1 aliphatic carbocycles. The largest absolute Gasteiger partial charge is 0.471 e. The van der Waals surface area contributed by atoms with E-state index in [0.29, 0.717) is 29.0 Å². The van der Waals surface area contributed by atoms with Crippen molar-refractivity contribution < 1.29 is 27.1 Å². The Morgan fingerprint density at radius 3 is 2.38 bits per heavy atom. The van der Waals surface area contributed by atoms with Crippen molar-refractivity contribution in [2.45, 2.75) is 45.8 Å². The maximum Gasteiger partial charge on any atom is 0.251 e. The molecule has 7 nitrogen and oxygen atoms in total.